The minimum absolute atomic E-state index is 0.0910. The fourth-order valence-electron chi connectivity index (χ4n) is 2.99. The summed E-state index contributed by atoms with van der Waals surface area (Å²) in [4.78, 5) is 13.3. The Morgan fingerprint density at radius 1 is 1.16 bits per heavy atom. The van der Waals surface area contributed by atoms with Gasteiger partial charge in [-0.2, -0.15) is 17.0 Å². The van der Waals surface area contributed by atoms with Gasteiger partial charge < -0.3 is 9.64 Å². The average molecular weight is 367 g/mol. The van der Waals surface area contributed by atoms with Crippen LogP contribution < -0.4 is 0 Å². The first kappa shape index (κ1) is 18.2. The van der Waals surface area contributed by atoms with Crippen LogP contribution in [0.3, 0.4) is 0 Å². The van der Waals surface area contributed by atoms with E-state index in [0.29, 0.717) is 39.3 Å². The van der Waals surface area contributed by atoms with E-state index in [1.54, 1.807) is 16.1 Å². The molecule has 8 heteroatoms. The van der Waals surface area contributed by atoms with Gasteiger partial charge in [0, 0.05) is 38.8 Å². The maximum Gasteiger partial charge on any atom is 0.409 e. The zero-order valence-electron chi connectivity index (χ0n) is 14.5. The summed E-state index contributed by atoms with van der Waals surface area (Å²) in [7, 11) is -3.53. The molecule has 0 aromatic heterocycles. The monoisotopic (exact) mass is 367 g/mol. The molecule has 1 saturated carbocycles. The number of carbonyl (C=O) groups excluding carboxylic acids is 1. The van der Waals surface area contributed by atoms with Gasteiger partial charge in [0.25, 0.3) is 10.2 Å². The van der Waals surface area contributed by atoms with Crippen LogP contribution in [0.4, 0.5) is 4.79 Å². The lowest BCUT2D eigenvalue weighted by Gasteiger charge is -2.36. The van der Waals surface area contributed by atoms with Crippen LogP contribution in [0.2, 0.25) is 0 Å². The van der Waals surface area contributed by atoms with E-state index in [-0.39, 0.29) is 12.1 Å². The molecule has 0 atom stereocenters. The molecule has 3 rings (SSSR count). The van der Waals surface area contributed by atoms with Crippen LogP contribution in [0.15, 0.2) is 30.3 Å². The van der Waals surface area contributed by atoms with Crippen molar-refractivity contribution in [3.8, 4) is 0 Å². The second kappa shape index (κ2) is 7.72. The topological polar surface area (TPSA) is 70.2 Å². The molecule has 0 N–H and O–H groups in total. The molecular formula is C17H25N3O4S. The molecule has 0 spiro atoms. The molecule has 0 bridgehead atoms. The number of amides is 1. The van der Waals surface area contributed by atoms with Crippen LogP contribution in [0.25, 0.3) is 0 Å². The van der Waals surface area contributed by atoms with Crippen molar-refractivity contribution in [3.63, 3.8) is 0 Å². The smallest absolute Gasteiger partial charge is 0.409 e. The highest BCUT2D eigenvalue weighted by Crippen LogP contribution is 2.32. The highest BCUT2D eigenvalue weighted by Gasteiger charge is 2.41. The lowest BCUT2D eigenvalue weighted by molar-refractivity contribution is 0.0923. The van der Waals surface area contributed by atoms with Crippen molar-refractivity contribution in [3.05, 3.63) is 35.9 Å². The van der Waals surface area contributed by atoms with Crippen molar-refractivity contribution < 1.29 is 17.9 Å². The highest BCUT2D eigenvalue weighted by atomic mass is 32.2. The van der Waals surface area contributed by atoms with E-state index >= 15 is 0 Å². The second-order valence-corrected chi connectivity index (χ2v) is 8.24. The first-order valence-corrected chi connectivity index (χ1v) is 10.1. The van der Waals surface area contributed by atoms with Gasteiger partial charge in [0.1, 0.15) is 0 Å². The summed E-state index contributed by atoms with van der Waals surface area (Å²) in [6.45, 7) is 3.81. The SMILES string of the molecule is CCOC(=O)N1CCN(S(=O)(=O)N(Cc2ccccc2)C2CC2)CC1. The van der Waals surface area contributed by atoms with Gasteiger partial charge in [-0.1, -0.05) is 30.3 Å². The number of piperazine rings is 1. The third kappa shape index (κ3) is 4.31. The standard InChI is InChI=1S/C17H25N3O4S/c1-2-24-17(21)18-10-12-19(13-11-18)25(22,23)20(16-8-9-16)14-15-6-4-3-5-7-15/h3-7,16H,2,8-14H2,1H3. The van der Waals surface area contributed by atoms with Crippen LogP contribution in [0.1, 0.15) is 25.3 Å². The van der Waals surface area contributed by atoms with Crippen molar-refractivity contribution in [2.45, 2.75) is 32.4 Å². The molecule has 0 radical (unpaired) electrons. The molecule has 1 amide bonds. The maximum atomic E-state index is 13.1. The first-order chi connectivity index (χ1) is 12.0. The molecule has 25 heavy (non-hydrogen) atoms. The number of nitrogens with zero attached hydrogens (tertiary/aromatic N) is 3. The minimum atomic E-state index is -3.53. The Labute approximate surface area is 149 Å². The van der Waals surface area contributed by atoms with Gasteiger partial charge in [-0.3, -0.25) is 0 Å². The van der Waals surface area contributed by atoms with Crippen LogP contribution in [-0.4, -0.2) is 66.8 Å². The van der Waals surface area contributed by atoms with Crippen LogP contribution >= 0.6 is 0 Å². The Bertz CT molecular complexity index is 683. The number of hydrogen-bond donors (Lipinski definition) is 0. The van der Waals surface area contributed by atoms with Gasteiger partial charge in [0.2, 0.25) is 0 Å². The lowest BCUT2D eigenvalue weighted by atomic mass is 10.2. The van der Waals surface area contributed by atoms with E-state index < -0.39 is 10.2 Å². The van der Waals surface area contributed by atoms with Gasteiger partial charge in [0.15, 0.2) is 0 Å². The van der Waals surface area contributed by atoms with E-state index in [2.05, 4.69) is 0 Å². The van der Waals surface area contributed by atoms with Gasteiger partial charge in [-0.25, -0.2) is 4.79 Å². The molecule has 1 heterocycles. The predicted octanol–water partition coefficient (Wildman–Crippen LogP) is 1.67. The number of carbonyl (C=O) groups is 1. The Morgan fingerprint density at radius 3 is 2.36 bits per heavy atom. The zero-order valence-corrected chi connectivity index (χ0v) is 15.3. The molecule has 1 aromatic rings. The summed E-state index contributed by atoms with van der Waals surface area (Å²) >= 11 is 0. The minimum Gasteiger partial charge on any atom is -0.450 e. The fourth-order valence-corrected chi connectivity index (χ4v) is 4.81. The molecule has 1 aliphatic heterocycles. The summed E-state index contributed by atoms with van der Waals surface area (Å²) in [6, 6.07) is 9.76. The molecule has 1 aliphatic carbocycles. The fraction of sp³-hybridized carbons (Fsp3) is 0.588. The number of ether oxygens (including phenoxy) is 1. The van der Waals surface area contributed by atoms with Crippen molar-refractivity contribution in [2.24, 2.45) is 0 Å². The van der Waals surface area contributed by atoms with E-state index in [9.17, 15) is 13.2 Å². The third-order valence-corrected chi connectivity index (χ3v) is 6.56. The molecular weight excluding hydrogens is 342 g/mol. The molecule has 7 nitrogen and oxygen atoms in total. The highest BCUT2D eigenvalue weighted by molar-refractivity contribution is 7.86. The Kier molecular flexibility index (Phi) is 5.61. The Hall–Kier alpha value is -1.64. The van der Waals surface area contributed by atoms with Crippen molar-refractivity contribution in [1.29, 1.82) is 0 Å². The lowest BCUT2D eigenvalue weighted by Crippen LogP contribution is -2.54. The maximum absolute atomic E-state index is 13.1. The number of rotatable bonds is 6. The Morgan fingerprint density at radius 2 is 1.80 bits per heavy atom. The van der Waals surface area contributed by atoms with Gasteiger partial charge in [0.05, 0.1) is 6.61 Å². The van der Waals surface area contributed by atoms with Gasteiger partial charge in [-0.05, 0) is 25.3 Å². The van der Waals surface area contributed by atoms with E-state index in [1.807, 2.05) is 30.3 Å². The quantitative estimate of drug-likeness (QED) is 0.767. The summed E-state index contributed by atoms with van der Waals surface area (Å²) in [5.74, 6) is 0. The van der Waals surface area contributed by atoms with Crippen LogP contribution in [0, 0.1) is 0 Å². The zero-order chi connectivity index (χ0) is 17.9. The summed E-state index contributed by atoms with van der Waals surface area (Å²) in [6.07, 6.45) is 1.45. The van der Waals surface area contributed by atoms with E-state index in [0.717, 1.165) is 18.4 Å². The Balaban J connectivity index is 1.66. The summed E-state index contributed by atoms with van der Waals surface area (Å²) in [5, 5.41) is 0. The average Bonchev–Trinajstić information content (AvgIpc) is 3.45. The molecule has 1 aromatic carbocycles. The summed E-state index contributed by atoms with van der Waals surface area (Å²) in [5.41, 5.74) is 0.989. The first-order valence-electron chi connectivity index (χ1n) is 8.75. The largest absolute Gasteiger partial charge is 0.450 e. The number of hydrogen-bond acceptors (Lipinski definition) is 4. The van der Waals surface area contributed by atoms with Gasteiger partial charge >= 0.3 is 6.09 Å². The normalized spacial score (nSPS) is 19.2. The predicted molar refractivity (Wildman–Crippen MR) is 94.1 cm³/mol. The molecule has 2 fully saturated rings. The van der Waals surface area contributed by atoms with Crippen LogP contribution in [-0.2, 0) is 21.5 Å². The van der Waals surface area contributed by atoms with E-state index in [4.69, 9.17) is 4.74 Å². The second-order valence-electron chi connectivity index (χ2n) is 6.35. The van der Waals surface area contributed by atoms with Crippen LogP contribution in [0.5, 0.6) is 0 Å². The van der Waals surface area contributed by atoms with Crippen molar-refractivity contribution in [2.75, 3.05) is 32.8 Å². The van der Waals surface area contributed by atoms with Crippen molar-refractivity contribution >= 4 is 16.3 Å². The summed E-state index contributed by atoms with van der Waals surface area (Å²) < 4.78 is 34.3. The third-order valence-electron chi connectivity index (χ3n) is 4.52. The molecule has 2 aliphatic rings. The van der Waals surface area contributed by atoms with Gasteiger partial charge in [-0.15, -0.1) is 0 Å². The molecule has 138 valence electrons. The van der Waals surface area contributed by atoms with Crippen molar-refractivity contribution in [1.82, 2.24) is 13.5 Å². The molecule has 1 saturated heterocycles. The molecule has 0 unspecified atom stereocenters. The number of benzene rings is 1. The van der Waals surface area contributed by atoms with E-state index in [1.165, 1.54) is 4.31 Å².